The van der Waals surface area contributed by atoms with Gasteiger partial charge in [-0.05, 0) is 49.9 Å². The highest BCUT2D eigenvalue weighted by Gasteiger charge is 2.05. The highest BCUT2D eigenvalue weighted by atomic mass is 127. The topological polar surface area (TPSA) is 64.1 Å². The van der Waals surface area contributed by atoms with Crippen molar-refractivity contribution < 1.29 is 14.2 Å². The van der Waals surface area contributed by atoms with E-state index in [1.54, 1.807) is 21.3 Å². The number of ether oxygens (including phenoxy) is 3. The predicted octanol–water partition coefficient (Wildman–Crippen LogP) is 2.85. The van der Waals surface area contributed by atoms with Crippen LogP contribution in [-0.4, -0.2) is 53.5 Å². The molecule has 0 aliphatic heterocycles. The Hall–Kier alpha value is -1.22. The molecule has 0 spiro atoms. The van der Waals surface area contributed by atoms with Crippen LogP contribution in [0.15, 0.2) is 23.2 Å². The number of hydrogen-bond donors (Lipinski definition) is 2. The van der Waals surface area contributed by atoms with E-state index in [0.717, 1.165) is 68.6 Å². The number of hydrogen-bond acceptors (Lipinski definition) is 4. The summed E-state index contributed by atoms with van der Waals surface area (Å²) in [6.45, 7) is 5.27. The molecule has 0 heterocycles. The molecule has 6 nitrogen and oxygen atoms in total. The quantitative estimate of drug-likeness (QED) is 0.228. The minimum atomic E-state index is 0. The highest BCUT2D eigenvalue weighted by molar-refractivity contribution is 14.0. The van der Waals surface area contributed by atoms with Gasteiger partial charge in [-0.1, -0.05) is 0 Å². The van der Waals surface area contributed by atoms with Crippen molar-refractivity contribution in [2.24, 2.45) is 4.99 Å². The molecule has 0 fully saturated rings. The van der Waals surface area contributed by atoms with Gasteiger partial charge in [-0.2, -0.15) is 0 Å². The second-order valence-corrected chi connectivity index (χ2v) is 5.26. The van der Waals surface area contributed by atoms with Crippen LogP contribution in [0, 0.1) is 0 Å². The maximum Gasteiger partial charge on any atom is 0.190 e. The van der Waals surface area contributed by atoms with Crippen molar-refractivity contribution >= 4 is 29.9 Å². The first-order chi connectivity index (χ1) is 11.7. The van der Waals surface area contributed by atoms with Gasteiger partial charge in [0.15, 0.2) is 5.96 Å². The predicted molar refractivity (Wildman–Crippen MR) is 114 cm³/mol. The van der Waals surface area contributed by atoms with Crippen molar-refractivity contribution in [2.75, 3.05) is 47.6 Å². The van der Waals surface area contributed by atoms with E-state index in [4.69, 9.17) is 14.2 Å². The molecule has 0 aliphatic rings. The van der Waals surface area contributed by atoms with Gasteiger partial charge in [0.05, 0.1) is 14.2 Å². The van der Waals surface area contributed by atoms with E-state index in [2.05, 4.69) is 15.6 Å². The molecule has 0 atom stereocenters. The number of nitrogens with zero attached hydrogens (tertiary/aromatic N) is 1. The molecule has 1 rings (SSSR count). The summed E-state index contributed by atoms with van der Waals surface area (Å²) in [6, 6.07) is 5.84. The molecule has 0 saturated heterocycles. The largest absolute Gasteiger partial charge is 0.497 e. The van der Waals surface area contributed by atoms with Crippen LogP contribution in [0.2, 0.25) is 0 Å². The van der Waals surface area contributed by atoms with Crippen LogP contribution >= 0.6 is 24.0 Å². The lowest BCUT2D eigenvalue weighted by molar-refractivity contribution is 0.143. The summed E-state index contributed by atoms with van der Waals surface area (Å²) in [6.07, 6.45) is 2.94. The Labute approximate surface area is 168 Å². The van der Waals surface area contributed by atoms with Crippen LogP contribution in [0.5, 0.6) is 11.5 Å². The Morgan fingerprint density at radius 3 is 2.48 bits per heavy atom. The van der Waals surface area contributed by atoms with Gasteiger partial charge >= 0.3 is 0 Å². The molecule has 0 saturated carbocycles. The van der Waals surface area contributed by atoms with Crippen LogP contribution in [0.25, 0.3) is 0 Å². The summed E-state index contributed by atoms with van der Waals surface area (Å²) >= 11 is 0. The van der Waals surface area contributed by atoms with Crippen molar-refractivity contribution in [1.82, 2.24) is 10.6 Å². The van der Waals surface area contributed by atoms with Gasteiger partial charge in [0.1, 0.15) is 11.5 Å². The van der Waals surface area contributed by atoms with Crippen molar-refractivity contribution in [3.05, 3.63) is 23.8 Å². The summed E-state index contributed by atoms with van der Waals surface area (Å²) in [5.41, 5.74) is 1.11. The molecule has 7 heteroatoms. The Morgan fingerprint density at radius 2 is 1.84 bits per heavy atom. The molecule has 0 unspecified atom stereocenters. The Morgan fingerprint density at radius 1 is 1.08 bits per heavy atom. The minimum absolute atomic E-state index is 0. The van der Waals surface area contributed by atoms with Crippen molar-refractivity contribution in [1.29, 1.82) is 0 Å². The van der Waals surface area contributed by atoms with E-state index in [1.807, 2.05) is 25.1 Å². The summed E-state index contributed by atoms with van der Waals surface area (Å²) in [5.74, 6) is 2.52. The van der Waals surface area contributed by atoms with E-state index in [0.29, 0.717) is 0 Å². The van der Waals surface area contributed by atoms with E-state index in [1.165, 1.54) is 0 Å². The lowest BCUT2D eigenvalue weighted by Gasteiger charge is -2.14. The number of rotatable bonds is 11. The molecule has 0 bridgehead atoms. The maximum atomic E-state index is 5.40. The molecule has 25 heavy (non-hydrogen) atoms. The summed E-state index contributed by atoms with van der Waals surface area (Å²) < 4.78 is 16.0. The smallest absolute Gasteiger partial charge is 0.190 e. The van der Waals surface area contributed by atoms with Gasteiger partial charge in [0.2, 0.25) is 0 Å². The van der Waals surface area contributed by atoms with Gasteiger partial charge < -0.3 is 24.8 Å². The van der Waals surface area contributed by atoms with E-state index in [9.17, 15) is 0 Å². The van der Waals surface area contributed by atoms with Crippen LogP contribution in [-0.2, 0) is 11.2 Å². The van der Waals surface area contributed by atoms with Crippen LogP contribution in [0.3, 0.4) is 0 Å². The number of aliphatic imine (C=N–C) groups is 1. The Bertz CT molecular complexity index is 498. The van der Waals surface area contributed by atoms with Gasteiger partial charge in [0, 0.05) is 33.4 Å². The van der Waals surface area contributed by atoms with E-state index >= 15 is 0 Å². The maximum absolute atomic E-state index is 5.40. The second-order valence-electron chi connectivity index (χ2n) is 5.26. The molecule has 2 N–H and O–H groups in total. The molecule has 0 radical (unpaired) electrons. The third-order valence-corrected chi connectivity index (χ3v) is 3.61. The summed E-state index contributed by atoms with van der Waals surface area (Å²) in [4.78, 5) is 4.24. The Kier molecular flexibility index (Phi) is 14.3. The molecule has 0 amide bonds. The Balaban J connectivity index is 0.00000576. The van der Waals surface area contributed by atoms with Crippen molar-refractivity contribution in [2.45, 2.75) is 26.2 Å². The van der Waals surface area contributed by atoms with Crippen molar-refractivity contribution in [3.63, 3.8) is 0 Å². The zero-order valence-electron chi connectivity index (χ0n) is 15.8. The van der Waals surface area contributed by atoms with Gasteiger partial charge in [-0.3, -0.25) is 4.99 Å². The number of guanidine groups is 1. The fourth-order valence-electron chi connectivity index (χ4n) is 2.29. The SMILES string of the molecule is CCOCCCCNC(=NC)NCCc1cc(OC)ccc1OC.I. The van der Waals surface area contributed by atoms with Crippen molar-refractivity contribution in [3.8, 4) is 11.5 Å². The number of halogens is 1. The monoisotopic (exact) mass is 465 g/mol. The standard InChI is InChI=1S/C18H31N3O3.HI/c1-5-24-13-7-6-11-20-18(19-2)21-12-10-15-14-16(22-3)8-9-17(15)23-4;/h8-9,14H,5-7,10-13H2,1-4H3,(H2,19,20,21);1H. The number of unbranched alkanes of at least 4 members (excludes halogenated alkanes) is 1. The normalized spacial score (nSPS) is 10.8. The lowest BCUT2D eigenvalue weighted by atomic mass is 10.1. The molecular weight excluding hydrogens is 433 g/mol. The number of nitrogens with one attached hydrogen (secondary N) is 2. The number of methoxy groups -OCH3 is 2. The summed E-state index contributed by atoms with van der Waals surface area (Å²) in [5, 5.41) is 6.63. The fourth-order valence-corrected chi connectivity index (χ4v) is 2.29. The van der Waals surface area contributed by atoms with E-state index < -0.39 is 0 Å². The first-order valence-corrected chi connectivity index (χ1v) is 8.48. The van der Waals surface area contributed by atoms with Crippen LogP contribution in [0.1, 0.15) is 25.3 Å². The van der Waals surface area contributed by atoms with Gasteiger partial charge in [-0.15, -0.1) is 24.0 Å². The second kappa shape index (κ2) is 15.1. The zero-order chi connectivity index (χ0) is 17.6. The fraction of sp³-hybridized carbons (Fsp3) is 0.611. The minimum Gasteiger partial charge on any atom is -0.497 e. The average molecular weight is 465 g/mol. The van der Waals surface area contributed by atoms with Gasteiger partial charge in [0.25, 0.3) is 0 Å². The summed E-state index contributed by atoms with van der Waals surface area (Å²) in [7, 11) is 5.13. The molecule has 0 aromatic heterocycles. The first-order valence-electron chi connectivity index (χ1n) is 8.48. The highest BCUT2D eigenvalue weighted by Crippen LogP contribution is 2.24. The third-order valence-electron chi connectivity index (χ3n) is 3.61. The van der Waals surface area contributed by atoms with Crippen LogP contribution < -0.4 is 20.1 Å². The first kappa shape index (κ1) is 23.8. The van der Waals surface area contributed by atoms with E-state index in [-0.39, 0.29) is 24.0 Å². The van der Waals surface area contributed by atoms with Crippen LogP contribution in [0.4, 0.5) is 0 Å². The molecule has 1 aromatic carbocycles. The third kappa shape index (κ3) is 9.74. The van der Waals surface area contributed by atoms with Gasteiger partial charge in [-0.25, -0.2) is 0 Å². The zero-order valence-corrected chi connectivity index (χ0v) is 18.1. The molecule has 0 aliphatic carbocycles. The average Bonchev–Trinajstić information content (AvgIpc) is 2.62. The lowest BCUT2D eigenvalue weighted by Crippen LogP contribution is -2.38. The molecular formula is C18H32IN3O3. The number of benzene rings is 1. The molecule has 144 valence electrons. The molecule has 1 aromatic rings.